The predicted molar refractivity (Wildman–Crippen MR) is 10.7 cm³/mol. The Bertz CT molecular complexity index is 29.0. The minimum absolute atomic E-state index is 0.0167. The summed E-state index contributed by atoms with van der Waals surface area (Å²) in [6.07, 6.45) is 0. The molecule has 0 radical (unpaired) electrons. The van der Waals surface area contributed by atoms with E-state index in [4.69, 9.17) is 0 Å². The summed E-state index contributed by atoms with van der Waals surface area (Å²) in [5.74, 6) is 0. The molecule has 0 bridgehead atoms. The molecule has 0 spiro atoms. The second-order valence-corrected chi connectivity index (χ2v) is 1.52. The number of carbonyl (C=O) groups excluding carboxylic acids is 1. The van der Waals surface area contributed by atoms with Gasteiger partial charge in [0.25, 0.3) is 0 Å². The van der Waals surface area contributed by atoms with Crippen molar-refractivity contribution in [2.24, 2.45) is 0 Å². The third kappa shape index (κ3) is 37.5. The average molecular weight is 149 g/mol. The SMILES string of the molecule is C[C](=O)[Pd]. The molecule has 0 unspecified atom stereocenters. The zero-order chi connectivity index (χ0) is 3.58. The third-order valence-electron chi connectivity index (χ3n) is 0. The second kappa shape index (κ2) is 1.63. The Morgan fingerprint density at radius 1 is 2.00 bits per heavy atom. The molecule has 0 amide bonds. The van der Waals surface area contributed by atoms with Crippen LogP contribution in [0.5, 0.6) is 0 Å². The molecule has 0 heterocycles. The van der Waals surface area contributed by atoms with Crippen molar-refractivity contribution < 1.29 is 24.0 Å². The molecule has 4 heavy (non-hydrogen) atoms. The van der Waals surface area contributed by atoms with E-state index in [2.05, 4.69) is 19.2 Å². The standard InChI is InChI=1S/C2H3O.Pd/c1-2-3;/h1H3;. The van der Waals surface area contributed by atoms with Crippen molar-refractivity contribution in [1.29, 1.82) is 0 Å². The molecule has 0 N–H and O–H groups in total. The summed E-state index contributed by atoms with van der Waals surface area (Å²) >= 11 is 2.41. The molecule has 0 aromatic rings. The van der Waals surface area contributed by atoms with E-state index in [0.29, 0.717) is 0 Å². The van der Waals surface area contributed by atoms with Crippen LogP contribution in [-0.4, -0.2) is 4.26 Å². The third-order valence-corrected chi connectivity index (χ3v) is 0. The summed E-state index contributed by atoms with van der Waals surface area (Å²) in [6.45, 7) is 1.46. The van der Waals surface area contributed by atoms with Crippen LogP contribution in [0.25, 0.3) is 0 Å². The first-order chi connectivity index (χ1) is 1.73. The molecule has 0 aliphatic carbocycles. The van der Waals surface area contributed by atoms with Gasteiger partial charge in [0.2, 0.25) is 0 Å². The van der Waals surface area contributed by atoms with Gasteiger partial charge in [0, 0.05) is 0 Å². The summed E-state index contributed by atoms with van der Waals surface area (Å²) in [6, 6.07) is 0. The fourth-order valence-corrected chi connectivity index (χ4v) is 0. The molecule has 2 heteroatoms. The van der Waals surface area contributed by atoms with Crippen LogP contribution in [0.4, 0.5) is 0 Å². The molecule has 0 aromatic heterocycles. The first kappa shape index (κ1) is 4.33. The van der Waals surface area contributed by atoms with Crippen molar-refractivity contribution in [3.8, 4) is 0 Å². The fraction of sp³-hybridized carbons (Fsp3) is 0.500. The second-order valence-electron chi connectivity index (χ2n) is 0.427. The molecule has 0 atom stereocenters. The summed E-state index contributed by atoms with van der Waals surface area (Å²) in [7, 11) is 0. The number of rotatable bonds is 0. The van der Waals surface area contributed by atoms with Crippen molar-refractivity contribution in [2.45, 2.75) is 6.92 Å². The summed E-state index contributed by atoms with van der Waals surface area (Å²) in [5.41, 5.74) is 0. The molecule has 0 rings (SSSR count). The Labute approximate surface area is 35.8 Å². The Hall–Kier alpha value is 0.332. The fourth-order valence-electron chi connectivity index (χ4n) is 0. The van der Waals surface area contributed by atoms with Crippen molar-refractivity contribution in [3.05, 3.63) is 0 Å². The van der Waals surface area contributed by atoms with Gasteiger partial charge in [0.1, 0.15) is 0 Å². The van der Waals surface area contributed by atoms with Crippen LogP contribution >= 0.6 is 0 Å². The normalized spacial score (nSPS) is 6.75. The van der Waals surface area contributed by atoms with Gasteiger partial charge in [0.15, 0.2) is 0 Å². The number of hydrogen-bond acceptors (Lipinski definition) is 1. The molecule has 27 valence electrons. The van der Waals surface area contributed by atoms with Crippen molar-refractivity contribution >= 4 is 4.26 Å². The van der Waals surface area contributed by atoms with Crippen molar-refractivity contribution in [3.63, 3.8) is 0 Å². The van der Waals surface area contributed by atoms with Crippen LogP contribution in [0.3, 0.4) is 0 Å². The zero-order valence-electron chi connectivity index (χ0n) is 2.22. The Morgan fingerprint density at radius 3 is 2.00 bits per heavy atom. The van der Waals surface area contributed by atoms with Gasteiger partial charge in [0.05, 0.1) is 0 Å². The molecular formula is C2H3OPd. The van der Waals surface area contributed by atoms with E-state index < -0.39 is 0 Å². The molecule has 0 saturated carbocycles. The minimum atomic E-state index is 0.0167. The van der Waals surface area contributed by atoms with Crippen molar-refractivity contribution in [1.82, 2.24) is 0 Å². The van der Waals surface area contributed by atoms with Crippen LogP contribution in [-0.2, 0) is 24.0 Å². The molecule has 1 nitrogen and oxygen atoms in total. The van der Waals surface area contributed by atoms with Crippen LogP contribution in [0, 0.1) is 0 Å². The van der Waals surface area contributed by atoms with Crippen LogP contribution < -0.4 is 0 Å². The molecule has 0 aromatic carbocycles. The summed E-state index contributed by atoms with van der Waals surface area (Å²) in [5, 5.41) is 0. The maximum atomic E-state index is 9.38. The van der Waals surface area contributed by atoms with Crippen LogP contribution in [0.2, 0.25) is 0 Å². The average Bonchev–Trinajstić information content (AvgIpc) is 0.811. The van der Waals surface area contributed by atoms with E-state index in [0.717, 1.165) is 0 Å². The van der Waals surface area contributed by atoms with Gasteiger partial charge in [-0.1, -0.05) is 0 Å². The van der Waals surface area contributed by atoms with Gasteiger partial charge in [-0.15, -0.1) is 0 Å². The maximum absolute atomic E-state index is 9.38. The molecule has 0 aliphatic rings. The van der Waals surface area contributed by atoms with Gasteiger partial charge >= 0.3 is 35.2 Å². The molecular weight excluding hydrogens is 146 g/mol. The van der Waals surface area contributed by atoms with Gasteiger partial charge in [-0.3, -0.25) is 0 Å². The first-order valence-electron chi connectivity index (χ1n) is 0.862. The topological polar surface area (TPSA) is 17.1 Å². The van der Waals surface area contributed by atoms with Crippen LogP contribution in [0.1, 0.15) is 6.92 Å². The van der Waals surface area contributed by atoms with E-state index in [9.17, 15) is 4.79 Å². The molecule has 0 aliphatic heterocycles. The quantitative estimate of drug-likeness (QED) is 0.446. The Kier molecular flexibility index (Phi) is 1.77. The van der Waals surface area contributed by atoms with Crippen LogP contribution in [0.15, 0.2) is 0 Å². The summed E-state index contributed by atoms with van der Waals surface area (Å²) < 4.78 is 0.0167. The summed E-state index contributed by atoms with van der Waals surface area (Å²) in [4.78, 5) is 9.38. The number of hydrogen-bond donors (Lipinski definition) is 0. The van der Waals surface area contributed by atoms with E-state index in [1.165, 1.54) is 6.92 Å². The van der Waals surface area contributed by atoms with Gasteiger partial charge in [-0.25, -0.2) is 0 Å². The number of carbonyl (C=O) groups is 1. The zero-order valence-corrected chi connectivity index (χ0v) is 3.78. The van der Waals surface area contributed by atoms with Gasteiger partial charge < -0.3 is 0 Å². The van der Waals surface area contributed by atoms with E-state index in [-0.39, 0.29) is 4.26 Å². The van der Waals surface area contributed by atoms with Gasteiger partial charge in [-0.2, -0.15) is 0 Å². The monoisotopic (exact) mass is 149 g/mol. The molecule has 0 saturated heterocycles. The van der Waals surface area contributed by atoms with E-state index in [1.807, 2.05) is 0 Å². The Morgan fingerprint density at radius 2 is 2.00 bits per heavy atom. The first-order valence-corrected chi connectivity index (χ1v) is 1.64. The van der Waals surface area contributed by atoms with E-state index >= 15 is 0 Å². The van der Waals surface area contributed by atoms with Crippen molar-refractivity contribution in [2.75, 3.05) is 0 Å². The molecule has 0 fully saturated rings. The van der Waals surface area contributed by atoms with E-state index in [1.54, 1.807) is 0 Å². The van der Waals surface area contributed by atoms with Gasteiger partial charge in [-0.05, 0) is 0 Å². The predicted octanol–water partition coefficient (Wildman–Crippen LogP) is 0.0797. The Balaban J connectivity index is 2.80.